The van der Waals surface area contributed by atoms with Gasteiger partial charge < -0.3 is 10.1 Å². The predicted molar refractivity (Wildman–Crippen MR) is 58.9 cm³/mol. The summed E-state index contributed by atoms with van der Waals surface area (Å²) >= 11 is 1.12. The van der Waals surface area contributed by atoms with Crippen molar-refractivity contribution in [3.05, 3.63) is 5.82 Å². The molecule has 0 aromatic carbocycles. The number of halogens is 3. The van der Waals surface area contributed by atoms with Gasteiger partial charge in [-0.3, -0.25) is 0 Å². The molecule has 1 N–H and O–H groups in total. The molecular weight excluding hydrogens is 255 g/mol. The van der Waals surface area contributed by atoms with E-state index in [0.29, 0.717) is 11.0 Å². The number of hydrogen-bond acceptors (Lipinski definition) is 5. The lowest BCUT2D eigenvalue weighted by molar-refractivity contribution is -0.177. The zero-order valence-electron chi connectivity index (χ0n) is 9.54. The Morgan fingerprint density at radius 2 is 2.12 bits per heavy atom. The first-order chi connectivity index (χ1) is 7.87. The number of alkyl halides is 3. The number of aromatic nitrogens is 2. The Balaban J connectivity index is 2.31. The molecule has 0 fully saturated rings. The van der Waals surface area contributed by atoms with Crippen LogP contribution in [0.4, 0.5) is 18.3 Å². The lowest BCUT2D eigenvalue weighted by Crippen LogP contribution is -2.17. The predicted octanol–water partition coefficient (Wildman–Crippen LogP) is 2.68. The van der Waals surface area contributed by atoms with Crippen LogP contribution in [-0.2, 0) is 11.3 Å². The van der Waals surface area contributed by atoms with Gasteiger partial charge in [0.25, 0.3) is 0 Å². The molecule has 98 valence electrons. The minimum Gasteiger partial charge on any atom is -0.364 e. The first-order valence-corrected chi connectivity index (χ1v) is 5.85. The van der Waals surface area contributed by atoms with Gasteiger partial charge in [0.05, 0.1) is 0 Å². The molecule has 0 radical (unpaired) electrons. The summed E-state index contributed by atoms with van der Waals surface area (Å²) in [5.41, 5.74) is 0. The molecule has 4 nitrogen and oxygen atoms in total. The van der Waals surface area contributed by atoms with E-state index in [4.69, 9.17) is 0 Å². The van der Waals surface area contributed by atoms with Gasteiger partial charge >= 0.3 is 6.18 Å². The molecule has 1 aromatic rings. The molecular formula is C9H14F3N3OS. The van der Waals surface area contributed by atoms with Gasteiger partial charge in [0, 0.05) is 18.1 Å². The second-order valence-corrected chi connectivity index (χ2v) is 4.65. The first kappa shape index (κ1) is 14.2. The zero-order chi connectivity index (χ0) is 12.9. The van der Waals surface area contributed by atoms with E-state index < -0.39 is 12.8 Å². The average molecular weight is 269 g/mol. The highest BCUT2D eigenvalue weighted by molar-refractivity contribution is 7.09. The van der Waals surface area contributed by atoms with E-state index in [2.05, 4.69) is 19.4 Å². The Morgan fingerprint density at radius 1 is 1.41 bits per heavy atom. The maximum absolute atomic E-state index is 11.8. The van der Waals surface area contributed by atoms with Crippen LogP contribution in [0.3, 0.4) is 0 Å². The van der Waals surface area contributed by atoms with Gasteiger partial charge in [-0.25, -0.2) is 4.98 Å². The number of anilines is 1. The zero-order valence-corrected chi connectivity index (χ0v) is 10.4. The SMILES string of the molecule is CC(C)CNc1nc(COCC(F)(F)F)ns1. The van der Waals surface area contributed by atoms with Gasteiger partial charge in [0.1, 0.15) is 13.2 Å². The summed E-state index contributed by atoms with van der Waals surface area (Å²) in [6.07, 6.45) is -4.31. The number of rotatable bonds is 6. The second-order valence-electron chi connectivity index (χ2n) is 3.90. The Bertz CT molecular complexity index is 340. The molecule has 0 aliphatic heterocycles. The van der Waals surface area contributed by atoms with Gasteiger partial charge in [-0.1, -0.05) is 13.8 Å². The molecule has 17 heavy (non-hydrogen) atoms. The van der Waals surface area contributed by atoms with Crippen molar-refractivity contribution < 1.29 is 17.9 Å². The van der Waals surface area contributed by atoms with Crippen LogP contribution in [0.5, 0.6) is 0 Å². The summed E-state index contributed by atoms with van der Waals surface area (Å²) in [7, 11) is 0. The van der Waals surface area contributed by atoms with Gasteiger partial charge in [-0.15, -0.1) is 0 Å². The van der Waals surface area contributed by atoms with Crippen molar-refractivity contribution >= 4 is 16.7 Å². The minimum atomic E-state index is -4.31. The molecule has 1 aromatic heterocycles. The van der Waals surface area contributed by atoms with E-state index in [1.807, 2.05) is 13.8 Å². The van der Waals surface area contributed by atoms with Crippen LogP contribution >= 0.6 is 11.5 Å². The van der Waals surface area contributed by atoms with E-state index in [9.17, 15) is 13.2 Å². The van der Waals surface area contributed by atoms with Crippen LogP contribution in [0.25, 0.3) is 0 Å². The molecule has 0 bridgehead atoms. The van der Waals surface area contributed by atoms with Gasteiger partial charge in [-0.05, 0) is 5.92 Å². The van der Waals surface area contributed by atoms with Gasteiger partial charge in [-0.2, -0.15) is 17.5 Å². The highest BCUT2D eigenvalue weighted by Gasteiger charge is 2.27. The number of nitrogens with zero attached hydrogens (tertiary/aromatic N) is 2. The monoisotopic (exact) mass is 269 g/mol. The summed E-state index contributed by atoms with van der Waals surface area (Å²) in [5.74, 6) is 0.731. The van der Waals surface area contributed by atoms with E-state index in [0.717, 1.165) is 18.1 Å². The summed E-state index contributed by atoms with van der Waals surface area (Å²) in [4.78, 5) is 4.01. The molecule has 1 rings (SSSR count). The summed E-state index contributed by atoms with van der Waals surface area (Å²) in [6.45, 7) is 3.33. The maximum atomic E-state index is 11.8. The molecule has 0 atom stereocenters. The van der Waals surface area contributed by atoms with Gasteiger partial charge in [0.15, 0.2) is 5.82 Å². The van der Waals surface area contributed by atoms with Crippen molar-refractivity contribution in [3.8, 4) is 0 Å². The van der Waals surface area contributed by atoms with Crippen molar-refractivity contribution in [1.82, 2.24) is 9.36 Å². The highest BCUT2D eigenvalue weighted by atomic mass is 32.1. The van der Waals surface area contributed by atoms with Crippen molar-refractivity contribution in [2.75, 3.05) is 18.5 Å². The summed E-state index contributed by atoms with van der Waals surface area (Å²) < 4.78 is 43.7. The molecule has 0 spiro atoms. The van der Waals surface area contributed by atoms with Crippen molar-refractivity contribution in [3.63, 3.8) is 0 Å². The minimum absolute atomic E-state index is 0.223. The van der Waals surface area contributed by atoms with Crippen molar-refractivity contribution in [2.24, 2.45) is 5.92 Å². The topological polar surface area (TPSA) is 47.0 Å². The molecule has 0 saturated carbocycles. The molecule has 0 unspecified atom stereocenters. The van der Waals surface area contributed by atoms with Crippen LogP contribution in [0.1, 0.15) is 19.7 Å². The third-order valence-corrected chi connectivity index (χ3v) is 2.34. The molecule has 1 heterocycles. The van der Waals surface area contributed by atoms with E-state index >= 15 is 0 Å². The van der Waals surface area contributed by atoms with Gasteiger partial charge in [0.2, 0.25) is 5.13 Å². The fourth-order valence-corrected chi connectivity index (χ4v) is 1.51. The largest absolute Gasteiger partial charge is 0.411 e. The molecule has 0 aliphatic carbocycles. The standard InChI is InChI=1S/C9H14F3N3OS/c1-6(2)3-13-8-14-7(15-17-8)4-16-5-9(10,11)12/h6H,3-5H2,1-2H3,(H,13,14,15). The number of nitrogens with one attached hydrogen (secondary N) is 1. The van der Waals surface area contributed by atoms with E-state index in [1.54, 1.807) is 0 Å². The van der Waals surface area contributed by atoms with E-state index in [1.165, 1.54) is 0 Å². The fourth-order valence-electron chi connectivity index (χ4n) is 0.934. The van der Waals surface area contributed by atoms with Crippen LogP contribution in [0.15, 0.2) is 0 Å². The lowest BCUT2D eigenvalue weighted by atomic mass is 10.2. The quantitative estimate of drug-likeness (QED) is 0.862. The Morgan fingerprint density at radius 3 is 2.71 bits per heavy atom. The third-order valence-electron chi connectivity index (χ3n) is 1.63. The molecule has 0 saturated heterocycles. The maximum Gasteiger partial charge on any atom is 0.411 e. The Kier molecular flexibility index (Phi) is 5.13. The van der Waals surface area contributed by atoms with Crippen LogP contribution in [-0.4, -0.2) is 28.7 Å². The third kappa shape index (κ3) is 6.42. The van der Waals surface area contributed by atoms with Crippen LogP contribution in [0.2, 0.25) is 0 Å². The summed E-state index contributed by atoms with van der Waals surface area (Å²) in [5, 5.41) is 3.64. The molecule has 8 heteroatoms. The lowest BCUT2D eigenvalue weighted by Gasteiger charge is -2.05. The second kappa shape index (κ2) is 6.15. The molecule has 0 amide bonds. The number of hydrogen-bond donors (Lipinski definition) is 1. The number of ether oxygens (including phenoxy) is 1. The van der Waals surface area contributed by atoms with Crippen LogP contribution in [0, 0.1) is 5.92 Å². The summed E-state index contributed by atoms with van der Waals surface area (Å²) in [6, 6.07) is 0. The first-order valence-electron chi connectivity index (χ1n) is 5.08. The highest BCUT2D eigenvalue weighted by Crippen LogP contribution is 2.16. The van der Waals surface area contributed by atoms with E-state index in [-0.39, 0.29) is 12.4 Å². The smallest absolute Gasteiger partial charge is 0.364 e. The van der Waals surface area contributed by atoms with Crippen molar-refractivity contribution in [1.29, 1.82) is 0 Å². The van der Waals surface area contributed by atoms with Crippen LogP contribution < -0.4 is 5.32 Å². The Hall–Kier alpha value is -0.890. The Labute approximate surface area is 101 Å². The normalized spacial score (nSPS) is 12.1. The molecule has 0 aliphatic rings. The fraction of sp³-hybridized carbons (Fsp3) is 0.778. The van der Waals surface area contributed by atoms with Crippen molar-refractivity contribution in [2.45, 2.75) is 26.6 Å². The average Bonchev–Trinajstić information content (AvgIpc) is 2.61.